The van der Waals surface area contributed by atoms with Crippen molar-refractivity contribution in [2.45, 2.75) is 56.6 Å². The van der Waals surface area contributed by atoms with Gasteiger partial charge in [-0.15, -0.1) is 0 Å². The Morgan fingerprint density at radius 2 is 1.54 bits per heavy atom. The monoisotopic (exact) mass is 601 g/mol. The minimum Gasteiger partial charge on any atom is -0.496 e. The van der Waals surface area contributed by atoms with E-state index in [4.69, 9.17) is 9.47 Å². The summed E-state index contributed by atoms with van der Waals surface area (Å²) in [5, 5.41) is 2.32. The molecular formula is C29H29F6NO4S. The van der Waals surface area contributed by atoms with E-state index in [0.29, 0.717) is 16.9 Å². The Morgan fingerprint density at radius 1 is 0.878 bits per heavy atom. The molecule has 1 N–H and O–H groups in total. The van der Waals surface area contributed by atoms with Gasteiger partial charge >= 0.3 is 18.4 Å². The van der Waals surface area contributed by atoms with Crippen LogP contribution in [0.15, 0.2) is 59.5 Å². The summed E-state index contributed by atoms with van der Waals surface area (Å²) in [7, 11) is -0.288. The molecule has 0 spiro atoms. The molecule has 0 saturated heterocycles. The van der Waals surface area contributed by atoms with E-state index in [0.717, 1.165) is 29.8 Å². The maximum Gasteiger partial charge on any atom is 0.416 e. The Hall–Kier alpha value is -3.54. The quantitative estimate of drug-likeness (QED) is 0.264. The number of rotatable bonds is 8. The van der Waals surface area contributed by atoms with Gasteiger partial charge in [0.2, 0.25) is 0 Å². The largest absolute Gasteiger partial charge is 0.496 e. The normalized spacial score (nSPS) is 13.6. The number of hydrogen-bond donors (Lipinski definition) is 1. The average Bonchev–Trinajstić information content (AvgIpc) is 2.89. The summed E-state index contributed by atoms with van der Waals surface area (Å²) in [6.07, 6.45) is -10.4. The second kappa shape index (κ2) is 12.5. The molecule has 0 bridgehead atoms. The number of carbonyl (C=O) groups excluding carboxylic acids is 1. The Balaban J connectivity index is 1.93. The van der Waals surface area contributed by atoms with Crippen molar-refractivity contribution >= 4 is 16.9 Å². The van der Waals surface area contributed by atoms with Gasteiger partial charge in [0.15, 0.2) is 0 Å². The predicted molar refractivity (Wildman–Crippen MR) is 143 cm³/mol. The van der Waals surface area contributed by atoms with Crippen molar-refractivity contribution in [1.82, 2.24) is 5.32 Å². The van der Waals surface area contributed by atoms with Crippen LogP contribution in [0, 0.1) is 0 Å². The maximum atomic E-state index is 13.6. The van der Waals surface area contributed by atoms with Gasteiger partial charge in [-0.1, -0.05) is 26.0 Å². The Bertz CT molecular complexity index is 1440. The van der Waals surface area contributed by atoms with E-state index in [2.05, 4.69) is 5.32 Å². The van der Waals surface area contributed by atoms with Crippen molar-refractivity contribution in [3.05, 3.63) is 82.4 Å². The molecule has 0 aromatic heterocycles. The van der Waals surface area contributed by atoms with Crippen LogP contribution < -0.4 is 10.1 Å². The zero-order valence-electron chi connectivity index (χ0n) is 22.9. The maximum absolute atomic E-state index is 13.6. The van der Waals surface area contributed by atoms with E-state index in [1.165, 1.54) is 32.4 Å². The van der Waals surface area contributed by atoms with Crippen LogP contribution >= 0.6 is 0 Å². The van der Waals surface area contributed by atoms with E-state index in [9.17, 15) is 35.3 Å². The van der Waals surface area contributed by atoms with Gasteiger partial charge in [0.05, 0.1) is 18.2 Å². The Kier molecular flexibility index (Phi) is 9.78. The van der Waals surface area contributed by atoms with Crippen LogP contribution in [-0.4, -0.2) is 23.7 Å². The molecule has 0 aliphatic carbocycles. The second-order valence-corrected chi connectivity index (χ2v) is 11.0. The molecule has 2 unspecified atom stereocenters. The molecule has 0 heterocycles. The van der Waals surface area contributed by atoms with Gasteiger partial charge in [0.1, 0.15) is 11.9 Å². The van der Waals surface area contributed by atoms with Crippen LogP contribution in [-0.2, 0) is 34.4 Å². The summed E-state index contributed by atoms with van der Waals surface area (Å²) >= 11 is 0. The van der Waals surface area contributed by atoms with Gasteiger partial charge in [-0.25, -0.2) is 4.79 Å². The predicted octanol–water partition coefficient (Wildman–Crippen LogP) is 8.25. The summed E-state index contributed by atoms with van der Waals surface area (Å²) in [5.41, 5.74) is -0.147. The first-order valence-electron chi connectivity index (χ1n) is 12.4. The van der Waals surface area contributed by atoms with E-state index in [-0.39, 0.29) is 21.9 Å². The molecule has 0 radical (unpaired) electrons. The molecule has 0 aliphatic rings. The van der Waals surface area contributed by atoms with Crippen molar-refractivity contribution in [2.24, 2.45) is 0 Å². The van der Waals surface area contributed by atoms with Gasteiger partial charge in [0.25, 0.3) is 0 Å². The highest BCUT2D eigenvalue weighted by atomic mass is 32.2. The van der Waals surface area contributed by atoms with E-state index >= 15 is 0 Å². The number of methoxy groups -OCH3 is 1. The first-order valence-corrected chi connectivity index (χ1v) is 14.0. The third-order valence-electron chi connectivity index (χ3n) is 6.34. The van der Waals surface area contributed by atoms with Crippen LogP contribution in [0.25, 0.3) is 11.1 Å². The van der Waals surface area contributed by atoms with Crippen molar-refractivity contribution in [3.8, 4) is 16.9 Å². The van der Waals surface area contributed by atoms with Crippen LogP contribution in [0.1, 0.15) is 60.6 Å². The fourth-order valence-electron chi connectivity index (χ4n) is 4.15. The molecule has 222 valence electrons. The second-order valence-electron chi connectivity index (χ2n) is 9.63. The number of hydrogen-bond acceptors (Lipinski definition) is 4. The van der Waals surface area contributed by atoms with Gasteiger partial charge in [-0.2, -0.15) is 26.3 Å². The molecule has 3 aromatic carbocycles. The lowest BCUT2D eigenvalue weighted by Gasteiger charge is -2.22. The summed E-state index contributed by atoms with van der Waals surface area (Å²) in [6, 6.07) is 11.3. The lowest BCUT2D eigenvalue weighted by Crippen LogP contribution is -2.25. The smallest absolute Gasteiger partial charge is 0.416 e. The summed E-state index contributed by atoms with van der Waals surface area (Å²) in [5.74, 6) is 0.513. The molecule has 1 amide bonds. The molecule has 0 aliphatic heterocycles. The van der Waals surface area contributed by atoms with E-state index in [1.807, 2.05) is 19.9 Å². The highest BCUT2D eigenvalue weighted by Crippen LogP contribution is 2.41. The Morgan fingerprint density at radius 3 is 2.10 bits per heavy atom. The summed E-state index contributed by atoms with van der Waals surface area (Å²) in [4.78, 5) is 12.6. The number of carbonyl (C=O) groups is 1. The third kappa shape index (κ3) is 8.02. The number of halogens is 6. The van der Waals surface area contributed by atoms with Gasteiger partial charge in [0, 0.05) is 39.6 Å². The molecule has 3 rings (SSSR count). The molecular weight excluding hydrogens is 572 g/mol. The molecule has 41 heavy (non-hydrogen) atoms. The Labute approximate surface area is 236 Å². The van der Waals surface area contributed by atoms with Crippen LogP contribution in [0.3, 0.4) is 0 Å². The van der Waals surface area contributed by atoms with E-state index < -0.39 is 53.0 Å². The molecule has 0 saturated carbocycles. The SMILES string of the molecule is COc1ccc(C(C)C)cc1-c1ccc(C(F)(F)F)cc1C(C)OC(=O)NCc1cc(S(C)=O)cc(C(F)(F)F)c1. The van der Waals surface area contributed by atoms with Crippen molar-refractivity contribution in [3.63, 3.8) is 0 Å². The number of nitrogens with one attached hydrogen (secondary N) is 1. The van der Waals surface area contributed by atoms with Gasteiger partial charge < -0.3 is 14.8 Å². The number of benzene rings is 3. The minimum absolute atomic E-state index is 0.0182. The van der Waals surface area contributed by atoms with Crippen LogP contribution in [0.5, 0.6) is 5.75 Å². The minimum atomic E-state index is -4.70. The lowest BCUT2D eigenvalue weighted by atomic mass is 9.91. The molecule has 5 nitrogen and oxygen atoms in total. The van der Waals surface area contributed by atoms with Gasteiger partial charge in [-0.3, -0.25) is 4.21 Å². The summed E-state index contributed by atoms with van der Waals surface area (Å²) in [6.45, 7) is 4.90. The highest BCUT2D eigenvalue weighted by molar-refractivity contribution is 7.84. The van der Waals surface area contributed by atoms with E-state index in [1.54, 1.807) is 12.1 Å². The molecule has 2 atom stereocenters. The number of alkyl carbamates (subject to hydrolysis) is 1. The fraction of sp³-hybridized carbons (Fsp3) is 0.345. The van der Waals surface area contributed by atoms with Crippen LogP contribution in [0.2, 0.25) is 0 Å². The topological polar surface area (TPSA) is 64.6 Å². The number of amides is 1. The molecule has 12 heteroatoms. The number of ether oxygens (including phenoxy) is 2. The first-order chi connectivity index (χ1) is 19.0. The highest BCUT2D eigenvalue weighted by Gasteiger charge is 2.33. The van der Waals surface area contributed by atoms with Crippen molar-refractivity contribution < 1.29 is 44.8 Å². The standard InChI is InChI=1S/C29H29F6NO4S/c1-16(2)19-6-9-26(39-4)25(12-19)23-8-7-20(28(30,31)32)14-24(23)17(3)40-27(37)36-15-18-10-21(29(33,34)35)13-22(11-18)41(5)38/h6-14,16-17H,15H2,1-5H3,(H,36,37). The van der Waals surface area contributed by atoms with Crippen molar-refractivity contribution in [1.29, 1.82) is 0 Å². The average molecular weight is 602 g/mol. The van der Waals surface area contributed by atoms with Gasteiger partial charge in [-0.05, 0) is 72.0 Å². The zero-order valence-corrected chi connectivity index (χ0v) is 23.7. The van der Waals surface area contributed by atoms with Crippen LogP contribution in [0.4, 0.5) is 31.1 Å². The first kappa shape index (κ1) is 32.0. The number of alkyl halides is 6. The molecule has 0 fully saturated rings. The third-order valence-corrected chi connectivity index (χ3v) is 7.24. The zero-order chi connectivity index (χ0) is 30.7. The summed E-state index contributed by atoms with van der Waals surface area (Å²) < 4.78 is 103. The fourth-order valence-corrected chi connectivity index (χ4v) is 4.76. The van der Waals surface area contributed by atoms with Crippen molar-refractivity contribution in [2.75, 3.05) is 13.4 Å². The molecule has 3 aromatic rings. The lowest BCUT2D eigenvalue weighted by molar-refractivity contribution is -0.138.